The second kappa shape index (κ2) is 64.1. The SMILES string of the molecule is [CH2-]OCC(O)COCC(O)COCCO.[CH2-]OCC(O)COCC(O)COCCO.[CH2-]OCC(O)CO[CH2-].[CH2-]OCC(O)CO[CH2-].[CH2-]OCC(O)CO[CH2-].[Rf].[Rf].[Rf].[Rf]. The van der Waals surface area contributed by atoms with E-state index in [0.717, 1.165) is 0 Å². The van der Waals surface area contributed by atoms with Crippen LogP contribution in [0.5, 0.6) is 0 Å². The molecule has 342 valence electrons. The van der Waals surface area contributed by atoms with Gasteiger partial charge in [0.25, 0.3) is 0 Å². The van der Waals surface area contributed by atoms with E-state index in [0.29, 0.717) is 0 Å². The monoisotopic (exact) mass is 1870 g/mol. The summed E-state index contributed by atoms with van der Waals surface area (Å²) in [4.78, 5) is 0. The van der Waals surface area contributed by atoms with E-state index < -0.39 is 42.7 Å². The van der Waals surface area contributed by atoms with Crippen LogP contribution in [0.15, 0.2) is 0 Å². The molecule has 0 aliphatic rings. The molecule has 0 aliphatic heterocycles. The second-order valence-corrected chi connectivity index (χ2v) is 10.2. The smallest absolute Gasteiger partial charge is 0.101 e. The van der Waals surface area contributed by atoms with Gasteiger partial charge in [0.1, 0.15) is 12.2 Å². The first kappa shape index (κ1) is 74.2. The maximum Gasteiger partial charge on any atom is 0.101 e. The van der Waals surface area contributed by atoms with E-state index in [2.05, 4.69) is 94.8 Å². The Labute approximate surface area is 321 Å². The first-order chi connectivity index (χ1) is 25.8. The van der Waals surface area contributed by atoms with Crippen molar-refractivity contribution >= 4 is 0 Å². The maximum atomic E-state index is 9.26. The predicted molar refractivity (Wildman–Crippen MR) is 190 cm³/mol. The van der Waals surface area contributed by atoms with Crippen LogP contribution in [-0.4, -0.2) is 208 Å². The Kier molecular flexibility index (Phi) is 81.9. The Hall–Kier alpha value is -4.84. The zero-order chi connectivity index (χ0) is 42.3. The zero-order valence-corrected chi connectivity index (χ0v) is 59.8. The van der Waals surface area contributed by atoms with Crippen molar-refractivity contribution < 1.29 is 103 Å². The molecule has 0 amide bonds. The van der Waals surface area contributed by atoms with Gasteiger partial charge in [-0.3, -0.25) is 0 Å². The van der Waals surface area contributed by atoms with Crippen molar-refractivity contribution in [3.05, 3.63) is 56.9 Å². The molecule has 0 aromatic rings. The van der Waals surface area contributed by atoms with Crippen molar-refractivity contribution in [3.63, 3.8) is 0 Å². The number of rotatable bonds is 32. The fourth-order valence-corrected chi connectivity index (χ4v) is 2.67. The molecule has 0 bridgehead atoms. The van der Waals surface area contributed by atoms with E-state index in [1.54, 1.807) is 0 Å². The Morgan fingerprint density at radius 2 is 0.397 bits per heavy atom. The molecule has 0 aromatic carbocycles. The van der Waals surface area contributed by atoms with Gasteiger partial charge in [0, 0.05) is 52.9 Å². The molecule has 58 heavy (non-hydrogen) atoms. The Morgan fingerprint density at radius 3 is 0.552 bits per heavy atom. The molecule has 0 saturated heterocycles. The van der Waals surface area contributed by atoms with Gasteiger partial charge in [-0.1, -0.05) is 0 Å². The van der Waals surface area contributed by atoms with Crippen LogP contribution in [0.4, 0.5) is 0 Å². The first-order valence-electron chi connectivity index (χ1n) is 16.1. The van der Waals surface area contributed by atoms with Gasteiger partial charge in [-0.15, -0.1) is 0 Å². The number of hydrogen-bond donors (Lipinski definition) is 9. The minimum absolute atomic E-state index is 0. The summed E-state index contributed by atoms with van der Waals surface area (Å²) in [7, 11) is 24.7. The molecule has 21 nitrogen and oxygen atoms in total. The van der Waals surface area contributed by atoms with Crippen molar-refractivity contribution in [2.75, 3.05) is 119 Å². The first-order valence-corrected chi connectivity index (χ1v) is 16.1. The van der Waals surface area contributed by atoms with Crippen LogP contribution < -0.4 is 0 Å². The molecule has 4 unspecified atom stereocenters. The molecular weight excluding hydrogens is 1800 g/mol. The van der Waals surface area contributed by atoms with Gasteiger partial charge in [-0.05, 0) is 0 Å². The van der Waals surface area contributed by atoms with Gasteiger partial charge < -0.3 is 103 Å². The molecule has 0 aromatic heterocycles. The molecule has 9 N–H and O–H groups in total. The van der Waals surface area contributed by atoms with Crippen molar-refractivity contribution in [2.45, 2.75) is 42.7 Å². The van der Waals surface area contributed by atoms with Crippen LogP contribution in [0.25, 0.3) is 0 Å². The topological polar surface area (TPSA) is 293 Å². The largest absolute Gasteiger partial charge is 0.553 e. The van der Waals surface area contributed by atoms with Gasteiger partial charge >= 0.3 is 0 Å². The van der Waals surface area contributed by atoms with Crippen molar-refractivity contribution in [3.8, 4) is 0 Å². The van der Waals surface area contributed by atoms with Crippen LogP contribution in [0.3, 0.4) is 0 Å². The van der Waals surface area contributed by atoms with Crippen LogP contribution in [0.2, 0.25) is 0 Å². The minimum Gasteiger partial charge on any atom is -0.553 e. The van der Waals surface area contributed by atoms with Gasteiger partial charge in [0.05, 0.1) is 96.6 Å². The molecule has 0 radical (unpaired) electrons. The molecule has 0 spiro atoms. The van der Waals surface area contributed by atoms with E-state index >= 15 is 0 Å². The van der Waals surface area contributed by atoms with Gasteiger partial charge in [-0.25, -0.2) is 56.9 Å². The fraction of sp³-hybridized carbons (Fsp3) is 0.758. The summed E-state index contributed by atoms with van der Waals surface area (Å²) >= 11 is 0. The molecule has 0 heterocycles. The van der Waals surface area contributed by atoms with Gasteiger partial charge in [0.2, 0.25) is 0 Å². The maximum absolute atomic E-state index is 9.26. The summed E-state index contributed by atoms with van der Waals surface area (Å²) in [5.41, 5.74) is 0. The summed E-state index contributed by atoms with van der Waals surface area (Å²) in [6.45, 7) is 2.04. The average Bonchev–Trinajstić information content (AvgIpc) is 3.11. The van der Waals surface area contributed by atoms with Crippen LogP contribution in [0.1, 0.15) is 0 Å². The summed E-state index contributed by atoms with van der Waals surface area (Å²) in [5.74, 6) is 0. The van der Waals surface area contributed by atoms with Crippen LogP contribution in [0, 0.1) is 56.9 Å². The Balaban J connectivity index is -0.0000000750. The molecule has 0 saturated carbocycles. The van der Waals surface area contributed by atoms with Gasteiger partial charge in [-0.2, -0.15) is 0 Å². The predicted octanol–water partition coefficient (Wildman–Crippen LogP) is -3.03. The van der Waals surface area contributed by atoms with E-state index in [1.165, 1.54) is 0 Å². The molecular formula is C33H68O21Rf4-8. The third kappa shape index (κ3) is 76.0. The quantitative estimate of drug-likeness (QED) is 0.0239. The molecule has 0 aliphatic carbocycles. The third-order valence-corrected chi connectivity index (χ3v) is 4.81. The molecule has 0 rings (SSSR count). The second-order valence-electron chi connectivity index (χ2n) is 10.2. The van der Waals surface area contributed by atoms with E-state index in [4.69, 9.17) is 54.7 Å². The van der Waals surface area contributed by atoms with E-state index in [1.807, 2.05) is 0 Å². The van der Waals surface area contributed by atoms with Crippen molar-refractivity contribution in [1.29, 1.82) is 0 Å². The van der Waals surface area contributed by atoms with Crippen molar-refractivity contribution in [1.82, 2.24) is 0 Å². The van der Waals surface area contributed by atoms with E-state index in [9.17, 15) is 10.2 Å². The van der Waals surface area contributed by atoms with E-state index in [-0.39, 0.29) is 119 Å². The molecule has 0 fully saturated rings. The van der Waals surface area contributed by atoms with Gasteiger partial charge in [0.15, 0.2) is 0 Å². The Morgan fingerprint density at radius 1 is 0.259 bits per heavy atom. The van der Waals surface area contributed by atoms with Crippen molar-refractivity contribution in [2.24, 2.45) is 0 Å². The summed E-state index contributed by atoms with van der Waals surface area (Å²) in [6, 6.07) is 0. The molecule has 25 heteroatoms. The Bertz CT molecular complexity index is 570. The average molecular weight is 1870 g/mol. The fourth-order valence-electron chi connectivity index (χ4n) is 2.67. The zero-order valence-electron chi connectivity index (χ0n) is 34.2. The minimum atomic E-state index is -0.760. The summed E-state index contributed by atoms with van der Waals surface area (Å²) in [5, 5.41) is 79.8. The normalized spacial score (nSPS) is 12.2. The number of ether oxygens (including phenoxy) is 12. The molecule has 4 atom stereocenters. The summed E-state index contributed by atoms with van der Waals surface area (Å²) < 4.78 is 54.7. The summed E-state index contributed by atoms with van der Waals surface area (Å²) in [6.07, 6.45) is -4.82. The number of aliphatic hydroxyl groups is 9. The number of hydrogen-bond acceptors (Lipinski definition) is 21. The number of aliphatic hydroxyl groups excluding tert-OH is 9. The van der Waals surface area contributed by atoms with Crippen LogP contribution in [-0.2, 0) is 56.8 Å². The van der Waals surface area contributed by atoms with Crippen LogP contribution >= 0.6 is 0 Å². The standard InChI is InChI=1S/2C9H19O6.3C5H10O3.4Rf/c2*1-13-4-8(11)6-15-7-9(12)5-14-3-2-10;3*1-7-3-5(6)4-8-2;;;;/h2*8-12H,1-7H2;3*5-6H,1-4H2;;;;/q2*-1;3*-2;;;;. The third-order valence-electron chi connectivity index (χ3n) is 4.81.